The van der Waals surface area contributed by atoms with Gasteiger partial charge in [-0.2, -0.15) is 4.31 Å². The summed E-state index contributed by atoms with van der Waals surface area (Å²) in [4.78, 5) is 12.8. The molecule has 0 aromatic heterocycles. The highest BCUT2D eigenvalue weighted by Crippen LogP contribution is 2.26. The van der Waals surface area contributed by atoms with Crippen LogP contribution in [0.5, 0.6) is 0 Å². The van der Waals surface area contributed by atoms with Crippen molar-refractivity contribution in [2.75, 3.05) is 6.54 Å². The third-order valence-corrected chi connectivity index (χ3v) is 8.57. The Hall–Kier alpha value is -2.34. The topological polar surface area (TPSA) is 113 Å². The summed E-state index contributed by atoms with van der Waals surface area (Å²) in [5.74, 6) is -1.02. The van der Waals surface area contributed by atoms with Crippen LogP contribution in [-0.2, 0) is 31.4 Å². The van der Waals surface area contributed by atoms with Crippen molar-refractivity contribution in [2.45, 2.75) is 55.1 Å². The number of halogens is 1. The first-order valence-corrected chi connectivity index (χ1v) is 13.1. The fourth-order valence-corrected chi connectivity index (χ4v) is 6.52. The Morgan fingerprint density at radius 1 is 1.09 bits per heavy atom. The molecular weight excluding hydrogens is 457 g/mol. The second-order valence-electron chi connectivity index (χ2n) is 7.87. The predicted octanol–water partition coefficient (Wildman–Crippen LogP) is 1.98. The van der Waals surface area contributed by atoms with Gasteiger partial charge in [0.15, 0.2) is 0 Å². The highest BCUT2D eigenvalue weighted by atomic mass is 32.2. The molecule has 1 heterocycles. The van der Waals surface area contributed by atoms with E-state index in [-0.39, 0.29) is 28.9 Å². The van der Waals surface area contributed by atoms with Gasteiger partial charge in [-0.05, 0) is 68.7 Å². The second-order valence-corrected chi connectivity index (χ2v) is 11.5. The van der Waals surface area contributed by atoms with Crippen molar-refractivity contribution in [3.63, 3.8) is 0 Å². The highest BCUT2D eigenvalue weighted by molar-refractivity contribution is 7.89. The number of amides is 1. The fraction of sp³-hybridized carbons (Fsp3) is 0.381. The lowest BCUT2D eigenvalue weighted by atomic mass is 10.2. The maximum atomic E-state index is 13.2. The first-order valence-electron chi connectivity index (χ1n) is 10.2. The van der Waals surface area contributed by atoms with Gasteiger partial charge in [-0.25, -0.2) is 25.9 Å². The molecule has 0 saturated carbocycles. The maximum absolute atomic E-state index is 13.2. The summed E-state index contributed by atoms with van der Waals surface area (Å²) < 4.78 is 67.4. The molecule has 0 aliphatic carbocycles. The van der Waals surface area contributed by atoms with Crippen LogP contribution in [0.25, 0.3) is 0 Å². The van der Waals surface area contributed by atoms with E-state index < -0.39 is 37.8 Å². The summed E-state index contributed by atoms with van der Waals surface area (Å²) in [6, 6.07) is 9.51. The quantitative estimate of drug-likeness (QED) is 0.596. The Morgan fingerprint density at radius 2 is 1.78 bits per heavy atom. The van der Waals surface area contributed by atoms with Gasteiger partial charge in [0.05, 0.1) is 9.79 Å². The van der Waals surface area contributed by atoms with Crippen molar-refractivity contribution in [3.8, 4) is 0 Å². The zero-order valence-electron chi connectivity index (χ0n) is 17.8. The van der Waals surface area contributed by atoms with E-state index in [0.29, 0.717) is 18.4 Å². The summed E-state index contributed by atoms with van der Waals surface area (Å²) in [7, 11) is -7.63. The zero-order valence-corrected chi connectivity index (χ0v) is 19.4. The summed E-state index contributed by atoms with van der Waals surface area (Å²) >= 11 is 0. The number of benzene rings is 2. The Bertz CT molecular complexity index is 1180. The van der Waals surface area contributed by atoms with Crippen LogP contribution in [0.3, 0.4) is 0 Å². The second kappa shape index (κ2) is 9.65. The van der Waals surface area contributed by atoms with Crippen molar-refractivity contribution in [2.24, 2.45) is 0 Å². The van der Waals surface area contributed by atoms with Crippen LogP contribution in [0.2, 0.25) is 0 Å². The van der Waals surface area contributed by atoms with E-state index in [0.717, 1.165) is 16.4 Å². The molecule has 0 radical (unpaired) electrons. The number of nitrogens with one attached hydrogen (secondary N) is 2. The van der Waals surface area contributed by atoms with E-state index in [9.17, 15) is 26.0 Å². The zero-order chi connectivity index (χ0) is 23.5. The van der Waals surface area contributed by atoms with Crippen LogP contribution in [0, 0.1) is 5.82 Å². The molecule has 8 nitrogen and oxygen atoms in total. The smallest absolute Gasteiger partial charge is 0.243 e. The molecule has 1 aliphatic rings. The van der Waals surface area contributed by atoms with Crippen LogP contribution < -0.4 is 10.0 Å². The van der Waals surface area contributed by atoms with Crippen LogP contribution in [0.1, 0.15) is 32.3 Å². The summed E-state index contributed by atoms with van der Waals surface area (Å²) in [6.07, 6.45) is 0.881. The molecule has 1 atom stereocenters. The number of carbonyl (C=O) groups excluding carboxylic acids is 1. The fourth-order valence-electron chi connectivity index (χ4n) is 3.54. The van der Waals surface area contributed by atoms with Gasteiger partial charge in [0.1, 0.15) is 11.9 Å². The minimum Gasteiger partial charge on any atom is -0.351 e. The molecule has 1 unspecified atom stereocenters. The lowest BCUT2D eigenvalue weighted by molar-refractivity contribution is -0.124. The van der Waals surface area contributed by atoms with Gasteiger partial charge < -0.3 is 5.32 Å². The van der Waals surface area contributed by atoms with Gasteiger partial charge in [0.25, 0.3) is 0 Å². The lowest BCUT2D eigenvalue weighted by Gasteiger charge is -2.23. The molecule has 32 heavy (non-hydrogen) atoms. The third kappa shape index (κ3) is 5.52. The molecule has 1 amide bonds. The summed E-state index contributed by atoms with van der Waals surface area (Å²) in [5.41, 5.74) is 0.566. The molecule has 1 fully saturated rings. The Balaban J connectivity index is 1.71. The molecule has 0 spiro atoms. The molecule has 1 saturated heterocycles. The van der Waals surface area contributed by atoms with Crippen molar-refractivity contribution < 1.29 is 26.0 Å². The number of sulfonamides is 2. The van der Waals surface area contributed by atoms with Gasteiger partial charge in [-0.1, -0.05) is 12.1 Å². The molecule has 2 aromatic carbocycles. The monoisotopic (exact) mass is 483 g/mol. The number of hydrogen-bond acceptors (Lipinski definition) is 5. The average molecular weight is 484 g/mol. The maximum Gasteiger partial charge on any atom is 0.243 e. The summed E-state index contributed by atoms with van der Waals surface area (Å²) in [6.45, 7) is 3.67. The van der Waals surface area contributed by atoms with Crippen LogP contribution in [0.15, 0.2) is 58.3 Å². The number of nitrogens with zero attached hydrogens (tertiary/aromatic N) is 1. The number of carbonyl (C=O) groups is 1. The average Bonchev–Trinajstić information content (AvgIpc) is 3.23. The van der Waals surface area contributed by atoms with E-state index in [1.165, 1.54) is 24.3 Å². The standard InChI is InChI=1S/C21H26FN3O5S2/c1-15(2)24-31(27,28)19-6-3-5-16(13-19)14-23-21(26)20-7-4-12-25(20)32(29,30)18-10-8-17(22)9-11-18/h3,5-6,8-11,13,15,20,24H,4,7,12,14H2,1-2H3,(H,23,26). The lowest BCUT2D eigenvalue weighted by Crippen LogP contribution is -2.45. The van der Waals surface area contributed by atoms with Crippen LogP contribution in [0.4, 0.5) is 4.39 Å². The van der Waals surface area contributed by atoms with Crippen molar-refractivity contribution >= 4 is 26.0 Å². The van der Waals surface area contributed by atoms with Crippen LogP contribution in [-0.4, -0.2) is 45.7 Å². The third-order valence-electron chi connectivity index (χ3n) is 4.99. The van der Waals surface area contributed by atoms with Crippen molar-refractivity contribution in [3.05, 3.63) is 59.9 Å². The molecular formula is C21H26FN3O5S2. The van der Waals surface area contributed by atoms with Crippen molar-refractivity contribution in [1.29, 1.82) is 0 Å². The molecule has 11 heteroatoms. The van der Waals surface area contributed by atoms with E-state index in [2.05, 4.69) is 10.0 Å². The van der Waals surface area contributed by atoms with Gasteiger partial charge in [-0.3, -0.25) is 4.79 Å². The first kappa shape index (κ1) is 24.3. The van der Waals surface area contributed by atoms with Crippen LogP contribution >= 0.6 is 0 Å². The highest BCUT2D eigenvalue weighted by Gasteiger charge is 2.39. The van der Waals surface area contributed by atoms with Gasteiger partial charge in [0, 0.05) is 19.1 Å². The minimum atomic E-state index is -3.95. The van der Waals surface area contributed by atoms with Crippen molar-refractivity contribution in [1.82, 2.24) is 14.3 Å². The molecule has 3 rings (SSSR count). The van der Waals surface area contributed by atoms with E-state index in [1.54, 1.807) is 26.0 Å². The molecule has 0 bridgehead atoms. The SMILES string of the molecule is CC(C)NS(=O)(=O)c1cccc(CNC(=O)C2CCCN2S(=O)(=O)c2ccc(F)cc2)c1. The predicted molar refractivity (Wildman–Crippen MR) is 117 cm³/mol. The Kier molecular flexibility index (Phi) is 7.33. The normalized spacial score (nSPS) is 17.6. The Morgan fingerprint density at radius 3 is 2.44 bits per heavy atom. The molecule has 2 N–H and O–H groups in total. The van der Waals surface area contributed by atoms with Gasteiger partial charge in [-0.15, -0.1) is 0 Å². The molecule has 174 valence electrons. The number of rotatable bonds is 8. The number of hydrogen-bond donors (Lipinski definition) is 2. The Labute approximate surface area is 187 Å². The van der Waals surface area contributed by atoms with E-state index in [4.69, 9.17) is 0 Å². The first-order chi connectivity index (χ1) is 15.0. The largest absolute Gasteiger partial charge is 0.351 e. The summed E-state index contributed by atoms with van der Waals surface area (Å²) in [5, 5.41) is 2.70. The minimum absolute atomic E-state index is 0.0464. The molecule has 2 aromatic rings. The molecule has 1 aliphatic heterocycles. The van der Waals surface area contributed by atoms with E-state index >= 15 is 0 Å². The van der Waals surface area contributed by atoms with Gasteiger partial charge >= 0.3 is 0 Å². The van der Waals surface area contributed by atoms with E-state index in [1.807, 2.05) is 0 Å². The van der Waals surface area contributed by atoms with Gasteiger partial charge in [0.2, 0.25) is 26.0 Å².